The molecule has 2 aromatic heterocycles. The molecule has 0 fully saturated rings. The third-order valence-corrected chi connectivity index (χ3v) is 5.96. The third-order valence-electron chi connectivity index (χ3n) is 5.71. The summed E-state index contributed by atoms with van der Waals surface area (Å²) in [4.78, 5) is 3.88. The Morgan fingerprint density at radius 3 is 2.51 bits per heavy atom. The summed E-state index contributed by atoms with van der Waals surface area (Å²) in [5.74, 6) is -1.57. The smallest absolute Gasteiger partial charge is 0.137 e. The minimum Gasteiger partial charge on any atom is -0.381 e. The first kappa shape index (κ1) is 22.9. The van der Waals surface area contributed by atoms with Crippen LogP contribution in [0.5, 0.6) is 0 Å². The van der Waals surface area contributed by atoms with Crippen LogP contribution >= 0.6 is 11.6 Å². The second-order valence-electron chi connectivity index (χ2n) is 8.33. The Bertz CT molecular complexity index is 1460. The van der Waals surface area contributed by atoms with Gasteiger partial charge in [-0.2, -0.15) is 10.2 Å². The molecule has 0 amide bonds. The summed E-state index contributed by atoms with van der Waals surface area (Å²) in [7, 11) is 0. The van der Waals surface area contributed by atoms with Crippen molar-refractivity contribution in [1.82, 2.24) is 24.5 Å². The third kappa shape index (κ3) is 5.16. The molecule has 3 aromatic carbocycles. The lowest BCUT2D eigenvalue weighted by molar-refractivity contribution is -0.00828. The second-order valence-corrected chi connectivity index (χ2v) is 8.77. The average Bonchev–Trinajstić information content (AvgIpc) is 3.47. The zero-order valence-corrected chi connectivity index (χ0v) is 19.2. The Hall–Kier alpha value is -3.82. The van der Waals surface area contributed by atoms with Crippen molar-refractivity contribution < 1.29 is 13.9 Å². The molecular formula is C25H21ClF2N6O. The Balaban J connectivity index is 1.40. The van der Waals surface area contributed by atoms with Crippen molar-refractivity contribution in [2.45, 2.75) is 25.2 Å². The molecule has 1 unspecified atom stereocenters. The number of hydrogen-bond acceptors (Lipinski definition) is 5. The topological polar surface area (TPSA) is 80.8 Å². The van der Waals surface area contributed by atoms with E-state index in [1.54, 1.807) is 10.9 Å². The molecule has 35 heavy (non-hydrogen) atoms. The second kappa shape index (κ2) is 9.44. The Morgan fingerprint density at radius 1 is 0.971 bits per heavy atom. The molecule has 0 aliphatic heterocycles. The fourth-order valence-electron chi connectivity index (χ4n) is 4.01. The molecule has 7 nitrogen and oxygen atoms in total. The summed E-state index contributed by atoms with van der Waals surface area (Å²) in [5.41, 5.74) is 0.881. The summed E-state index contributed by atoms with van der Waals surface area (Å²) in [6.45, 7) is 0.440. The predicted molar refractivity (Wildman–Crippen MR) is 129 cm³/mol. The van der Waals surface area contributed by atoms with Crippen LogP contribution in [0.4, 0.5) is 14.5 Å². The molecule has 2 N–H and O–H groups in total. The van der Waals surface area contributed by atoms with Crippen LogP contribution < -0.4 is 5.32 Å². The Kier molecular flexibility index (Phi) is 6.19. The van der Waals surface area contributed by atoms with Gasteiger partial charge in [0, 0.05) is 40.5 Å². The first-order valence-corrected chi connectivity index (χ1v) is 11.2. The van der Waals surface area contributed by atoms with Crippen molar-refractivity contribution in [3.05, 3.63) is 107 Å². The lowest BCUT2D eigenvalue weighted by Gasteiger charge is -2.28. The van der Waals surface area contributed by atoms with Crippen molar-refractivity contribution in [3.63, 3.8) is 0 Å². The van der Waals surface area contributed by atoms with Crippen molar-refractivity contribution >= 4 is 28.2 Å². The average molecular weight is 495 g/mol. The van der Waals surface area contributed by atoms with Gasteiger partial charge < -0.3 is 10.4 Å². The lowest BCUT2D eigenvalue weighted by Crippen LogP contribution is -2.37. The molecule has 0 saturated heterocycles. The zero-order valence-electron chi connectivity index (χ0n) is 18.4. The van der Waals surface area contributed by atoms with E-state index in [0.717, 1.165) is 28.8 Å². The van der Waals surface area contributed by atoms with Crippen molar-refractivity contribution in [2.24, 2.45) is 0 Å². The molecule has 178 valence electrons. The first-order valence-electron chi connectivity index (χ1n) is 10.8. The van der Waals surface area contributed by atoms with Gasteiger partial charge in [-0.1, -0.05) is 29.8 Å². The number of fused-ring (bicyclic) bond motifs is 1. The largest absolute Gasteiger partial charge is 0.381 e. The highest BCUT2D eigenvalue weighted by Crippen LogP contribution is 2.29. The van der Waals surface area contributed by atoms with E-state index in [0.29, 0.717) is 17.1 Å². The van der Waals surface area contributed by atoms with Gasteiger partial charge in [-0.3, -0.25) is 4.68 Å². The van der Waals surface area contributed by atoms with Gasteiger partial charge in [0.25, 0.3) is 0 Å². The van der Waals surface area contributed by atoms with Crippen molar-refractivity contribution in [3.8, 4) is 0 Å². The number of aliphatic hydroxyl groups is 1. The molecule has 0 aliphatic rings. The fourth-order valence-corrected chi connectivity index (χ4v) is 4.14. The number of hydrogen-bond donors (Lipinski definition) is 2. The summed E-state index contributed by atoms with van der Waals surface area (Å²) in [5, 5.41) is 25.0. The maximum atomic E-state index is 14.7. The zero-order chi connectivity index (χ0) is 24.4. The number of rotatable bonds is 8. The molecule has 0 bridgehead atoms. The van der Waals surface area contributed by atoms with Gasteiger partial charge in [0.05, 0.1) is 18.6 Å². The highest BCUT2D eigenvalue weighted by molar-refractivity contribution is 6.30. The highest BCUT2D eigenvalue weighted by Gasteiger charge is 2.34. The van der Waals surface area contributed by atoms with E-state index in [-0.39, 0.29) is 18.7 Å². The molecule has 0 saturated carbocycles. The van der Waals surface area contributed by atoms with Gasteiger partial charge in [0.15, 0.2) is 0 Å². The van der Waals surface area contributed by atoms with E-state index >= 15 is 0 Å². The normalized spacial score (nSPS) is 13.1. The minimum atomic E-state index is -1.76. The molecular weight excluding hydrogens is 474 g/mol. The Labute approximate surface area is 204 Å². The SMILES string of the molecule is OC(Cn1cncn1)(Cn1cc2cc(NCc3ccc(Cl)cc3)ccc2n1)c1ccc(F)cc1F. The number of nitrogens with zero attached hydrogens (tertiary/aromatic N) is 5. The minimum absolute atomic E-state index is 0.0562. The number of nitrogens with one attached hydrogen (secondary N) is 1. The van der Waals surface area contributed by atoms with Crippen LogP contribution in [-0.2, 0) is 25.2 Å². The van der Waals surface area contributed by atoms with E-state index in [4.69, 9.17) is 11.6 Å². The standard InChI is InChI=1S/C25H21ClF2N6O/c26-19-3-1-17(2-4-19)11-30-21-6-8-24-18(9-21)12-33(32-24)13-25(35,14-34-16-29-15-31-34)22-7-5-20(27)10-23(22)28/h1-10,12,15-16,30,35H,11,13-14H2. The quantitative estimate of drug-likeness (QED) is 0.325. The molecule has 0 radical (unpaired) electrons. The van der Waals surface area contributed by atoms with E-state index in [9.17, 15) is 13.9 Å². The fraction of sp³-hybridized carbons (Fsp3) is 0.160. The molecule has 10 heteroatoms. The van der Waals surface area contributed by atoms with Crippen LogP contribution in [0.15, 0.2) is 79.5 Å². The predicted octanol–water partition coefficient (Wildman–Crippen LogP) is 4.76. The van der Waals surface area contributed by atoms with Gasteiger partial charge in [-0.25, -0.2) is 18.4 Å². The highest BCUT2D eigenvalue weighted by atomic mass is 35.5. The molecule has 5 rings (SSSR count). The molecule has 5 aromatic rings. The molecule has 1 atom stereocenters. The van der Waals surface area contributed by atoms with Crippen LogP contribution in [0.3, 0.4) is 0 Å². The Morgan fingerprint density at radius 2 is 1.77 bits per heavy atom. The van der Waals surface area contributed by atoms with E-state index in [1.165, 1.54) is 23.4 Å². The van der Waals surface area contributed by atoms with E-state index < -0.39 is 17.2 Å². The summed E-state index contributed by atoms with van der Waals surface area (Å²) >= 11 is 5.94. The van der Waals surface area contributed by atoms with Gasteiger partial charge in [-0.05, 0) is 42.0 Å². The number of aromatic nitrogens is 5. The molecule has 2 heterocycles. The number of halogens is 3. The maximum absolute atomic E-state index is 14.7. The maximum Gasteiger partial charge on any atom is 0.137 e. The van der Waals surface area contributed by atoms with Crippen molar-refractivity contribution in [2.75, 3.05) is 5.32 Å². The van der Waals surface area contributed by atoms with Gasteiger partial charge in [0.1, 0.15) is 29.9 Å². The van der Waals surface area contributed by atoms with Crippen LogP contribution in [-0.4, -0.2) is 29.7 Å². The van der Waals surface area contributed by atoms with Crippen LogP contribution in [0.1, 0.15) is 11.1 Å². The van der Waals surface area contributed by atoms with Gasteiger partial charge >= 0.3 is 0 Å². The van der Waals surface area contributed by atoms with Crippen LogP contribution in [0.25, 0.3) is 10.9 Å². The monoisotopic (exact) mass is 494 g/mol. The summed E-state index contributed by atoms with van der Waals surface area (Å²) < 4.78 is 31.2. The van der Waals surface area contributed by atoms with Gasteiger partial charge in [0.2, 0.25) is 0 Å². The van der Waals surface area contributed by atoms with Crippen molar-refractivity contribution in [1.29, 1.82) is 0 Å². The number of benzene rings is 3. The molecule has 0 spiro atoms. The summed E-state index contributed by atoms with van der Waals surface area (Å²) in [6, 6.07) is 16.4. The lowest BCUT2D eigenvalue weighted by atomic mass is 9.93. The number of anilines is 1. The van der Waals surface area contributed by atoms with E-state index in [2.05, 4.69) is 20.5 Å². The first-order chi connectivity index (χ1) is 16.9. The van der Waals surface area contributed by atoms with Crippen LogP contribution in [0, 0.1) is 11.6 Å². The van der Waals surface area contributed by atoms with E-state index in [1.807, 2.05) is 42.5 Å². The molecule has 0 aliphatic carbocycles. The summed E-state index contributed by atoms with van der Waals surface area (Å²) in [6.07, 6.45) is 4.52. The van der Waals surface area contributed by atoms with Crippen LogP contribution in [0.2, 0.25) is 5.02 Å². The van der Waals surface area contributed by atoms with Gasteiger partial charge in [-0.15, -0.1) is 0 Å².